The molecule has 0 aromatic carbocycles. The maximum absolute atomic E-state index is 8.93. The van der Waals surface area contributed by atoms with Crippen LogP contribution in [0.3, 0.4) is 0 Å². The van der Waals surface area contributed by atoms with E-state index in [2.05, 4.69) is 0 Å². The van der Waals surface area contributed by atoms with Gasteiger partial charge in [-0.2, -0.15) is 0 Å². The van der Waals surface area contributed by atoms with Gasteiger partial charge < -0.3 is 65.0 Å². The molecule has 0 amide bonds. The molecular weight excluding hydrogens is 212 g/mol. The van der Waals surface area contributed by atoms with E-state index in [-0.39, 0.29) is 45.2 Å². The first-order valence-corrected chi connectivity index (χ1v) is 1.07. The summed E-state index contributed by atoms with van der Waals surface area (Å²) in [6.07, 6.45) is 0. The third-order valence-electron chi connectivity index (χ3n) is 0.167. The number of carboxylic acid groups (broad SMARTS) is 2. The Hall–Kier alpha value is -1.38. The number of aliphatic carboxylic acids is 2. The van der Waals surface area contributed by atoms with Gasteiger partial charge in [-0.25, -0.2) is 0 Å². The zero-order valence-corrected chi connectivity index (χ0v) is 7.63. The monoisotopic (exact) mass is 232 g/mol. The van der Waals surface area contributed by atoms with Gasteiger partial charge in [0, 0.05) is 0 Å². The number of quaternary nitrogens is 2. The van der Waals surface area contributed by atoms with Gasteiger partial charge >= 0.3 is 0 Å². The van der Waals surface area contributed by atoms with Gasteiger partial charge in [-0.15, -0.1) is 0 Å². The number of carboxylic acids is 2. The van der Waals surface area contributed by atoms with Crippen LogP contribution in [0.25, 0.3) is 0 Å². The summed E-state index contributed by atoms with van der Waals surface area (Å²) >= 11 is 0. The van der Waals surface area contributed by atoms with Crippen molar-refractivity contribution < 1.29 is 52.7 Å². The molecule has 0 aliphatic heterocycles. The number of hydrogen-bond donors (Lipinski definition) is 2. The van der Waals surface area contributed by atoms with Gasteiger partial charge in [0.1, 0.15) is 0 Å². The van der Waals surface area contributed by atoms with E-state index in [9.17, 15) is 0 Å². The summed E-state index contributed by atoms with van der Waals surface area (Å²) < 4.78 is 0. The Morgan fingerprint density at radius 3 is 0.643 bits per heavy atom. The molecule has 0 unspecified atom stereocenters. The standard InChI is InChI=1S/C2H2O4.2H3N.6H2O/c3-1(4)2(5)6;;;;;;;;/h(H,3,4)(H,5,6);2*1H3;6*1H2. The molecule has 0 saturated carbocycles. The molecule has 20 N–H and O–H groups in total. The fourth-order valence-electron chi connectivity index (χ4n) is 0. The molecule has 14 heavy (non-hydrogen) atoms. The highest BCUT2D eigenvalue weighted by Crippen LogP contribution is 1.41. The number of carbonyl (C=O) groups excluding carboxylic acids is 2. The summed E-state index contributed by atoms with van der Waals surface area (Å²) in [4.78, 5) is 17.9. The lowest BCUT2D eigenvalue weighted by molar-refractivity contribution is -0.345. The van der Waals surface area contributed by atoms with Gasteiger partial charge in [0.05, 0.1) is 11.9 Å². The molecule has 0 atom stereocenters. The molecule has 0 aromatic heterocycles. The second-order valence-electron chi connectivity index (χ2n) is 0.575. The van der Waals surface area contributed by atoms with Gasteiger partial charge in [0.15, 0.2) is 0 Å². The van der Waals surface area contributed by atoms with Gasteiger partial charge in [0.2, 0.25) is 0 Å². The Balaban J connectivity index is -0.00000000446. The third kappa shape index (κ3) is 143. The van der Waals surface area contributed by atoms with Crippen molar-refractivity contribution in [2.24, 2.45) is 0 Å². The number of rotatable bonds is 0. The van der Waals surface area contributed by atoms with E-state index in [1.54, 1.807) is 0 Å². The highest BCUT2D eigenvalue weighted by molar-refractivity contribution is 6.25. The third-order valence-corrected chi connectivity index (χ3v) is 0.167. The van der Waals surface area contributed by atoms with Gasteiger partial charge in [0.25, 0.3) is 0 Å². The van der Waals surface area contributed by atoms with Crippen molar-refractivity contribution >= 4 is 11.9 Å². The molecular formula is C2H20N2O10. The van der Waals surface area contributed by atoms with Crippen molar-refractivity contribution in [3.8, 4) is 0 Å². The zero-order chi connectivity index (χ0) is 5.15. The minimum atomic E-state index is -2.19. The summed E-state index contributed by atoms with van der Waals surface area (Å²) in [5, 5.41) is 17.9. The van der Waals surface area contributed by atoms with Crippen molar-refractivity contribution in [1.29, 1.82) is 0 Å². The van der Waals surface area contributed by atoms with Crippen molar-refractivity contribution in [3.05, 3.63) is 0 Å². The van der Waals surface area contributed by atoms with E-state index < -0.39 is 11.9 Å². The SMILES string of the molecule is O.O.O.O.O.O.O=C([O-])C(=O)[O-].[NH4+].[NH4+]. The van der Waals surface area contributed by atoms with E-state index in [1.165, 1.54) is 0 Å². The van der Waals surface area contributed by atoms with Gasteiger partial charge in [-0.3, -0.25) is 0 Å². The maximum Gasteiger partial charge on any atom is 0.0870 e. The summed E-state index contributed by atoms with van der Waals surface area (Å²) in [6.45, 7) is 0. The quantitative estimate of drug-likeness (QED) is 0.383. The lowest BCUT2D eigenvalue weighted by atomic mass is 10.7. The molecule has 0 aliphatic carbocycles. The van der Waals surface area contributed by atoms with Crippen LogP contribution < -0.4 is 22.5 Å². The van der Waals surface area contributed by atoms with Crippen molar-refractivity contribution in [1.82, 2.24) is 12.3 Å². The molecule has 0 bridgehead atoms. The lowest BCUT2D eigenvalue weighted by Gasteiger charge is -1.97. The molecule has 0 radical (unpaired) electrons. The van der Waals surface area contributed by atoms with Crippen LogP contribution in [0.2, 0.25) is 0 Å². The molecule has 0 saturated heterocycles. The Kier molecular flexibility index (Phi) is 570. The van der Waals surface area contributed by atoms with Crippen LogP contribution in [0.1, 0.15) is 0 Å². The fraction of sp³-hybridized carbons (Fsp3) is 0. The van der Waals surface area contributed by atoms with E-state index in [0.29, 0.717) is 0 Å². The Labute approximate surface area is 78.2 Å². The van der Waals surface area contributed by atoms with E-state index in [4.69, 9.17) is 19.8 Å². The average molecular weight is 232 g/mol. The summed E-state index contributed by atoms with van der Waals surface area (Å²) in [5.74, 6) is -4.37. The van der Waals surface area contributed by atoms with E-state index in [0.717, 1.165) is 0 Å². The molecule has 0 aliphatic rings. The molecule has 0 heterocycles. The largest absolute Gasteiger partial charge is 0.543 e. The predicted molar refractivity (Wildman–Crippen MR) is 43.7 cm³/mol. The average Bonchev–Trinajstić information content (AvgIpc) is 1.36. The highest BCUT2D eigenvalue weighted by Gasteiger charge is 1.74. The summed E-state index contributed by atoms with van der Waals surface area (Å²) in [6, 6.07) is 0. The summed E-state index contributed by atoms with van der Waals surface area (Å²) in [7, 11) is 0. The van der Waals surface area contributed by atoms with Crippen molar-refractivity contribution in [2.45, 2.75) is 0 Å². The predicted octanol–water partition coefficient (Wildman–Crippen LogP) is -7.71. The van der Waals surface area contributed by atoms with Crippen LogP contribution in [0.5, 0.6) is 0 Å². The van der Waals surface area contributed by atoms with Crippen LogP contribution in [-0.2, 0) is 9.59 Å². The van der Waals surface area contributed by atoms with E-state index >= 15 is 0 Å². The van der Waals surface area contributed by atoms with Gasteiger partial charge in [-0.1, -0.05) is 0 Å². The minimum absolute atomic E-state index is 0. The molecule has 0 rings (SSSR count). The number of carbonyl (C=O) groups is 2. The van der Waals surface area contributed by atoms with Crippen molar-refractivity contribution in [2.75, 3.05) is 0 Å². The van der Waals surface area contributed by atoms with E-state index in [1.807, 2.05) is 0 Å². The minimum Gasteiger partial charge on any atom is -0.543 e. The Morgan fingerprint density at radius 1 is 0.571 bits per heavy atom. The number of hydrogen-bond acceptors (Lipinski definition) is 4. The Bertz CT molecular complexity index is 82.1. The first kappa shape index (κ1) is 130. The van der Waals surface area contributed by atoms with Crippen molar-refractivity contribution in [3.63, 3.8) is 0 Å². The van der Waals surface area contributed by atoms with Crippen LogP contribution in [0.4, 0.5) is 0 Å². The maximum atomic E-state index is 8.93. The second-order valence-corrected chi connectivity index (χ2v) is 0.575. The first-order chi connectivity index (χ1) is 2.64. The molecule has 98 valence electrons. The van der Waals surface area contributed by atoms with Crippen LogP contribution in [-0.4, -0.2) is 44.8 Å². The Morgan fingerprint density at radius 2 is 0.643 bits per heavy atom. The van der Waals surface area contributed by atoms with Gasteiger partial charge in [-0.05, 0) is 0 Å². The van der Waals surface area contributed by atoms with Crippen LogP contribution in [0.15, 0.2) is 0 Å². The van der Waals surface area contributed by atoms with Crippen LogP contribution in [0, 0.1) is 0 Å². The normalized spacial score (nSPS) is 3.14. The summed E-state index contributed by atoms with van der Waals surface area (Å²) in [5.41, 5.74) is 0. The molecule has 0 fully saturated rings. The fourth-order valence-corrected chi connectivity index (χ4v) is 0. The molecule has 0 spiro atoms. The molecule has 0 aromatic rings. The highest BCUT2D eigenvalue weighted by atomic mass is 16.4. The second kappa shape index (κ2) is 61.4. The lowest BCUT2D eigenvalue weighted by Crippen LogP contribution is -2.42. The topological polar surface area (TPSA) is 342 Å². The van der Waals surface area contributed by atoms with Crippen LogP contribution >= 0.6 is 0 Å². The zero-order valence-electron chi connectivity index (χ0n) is 7.63. The molecule has 12 heteroatoms. The smallest absolute Gasteiger partial charge is 0.0870 e. The molecule has 12 nitrogen and oxygen atoms in total. The first-order valence-electron chi connectivity index (χ1n) is 1.07.